The Morgan fingerprint density at radius 3 is 2.21 bits per heavy atom. The van der Waals surface area contributed by atoms with Crippen molar-refractivity contribution in [1.29, 1.82) is 0 Å². The van der Waals surface area contributed by atoms with E-state index >= 15 is 0 Å². The van der Waals surface area contributed by atoms with Gasteiger partial charge in [-0.15, -0.1) is 0 Å². The SMILES string of the molecule is O=c1[nH]c2[nH]c3c(=O)[nH][nH]c(=O)c3c(=O)c2c(=O)o1. The van der Waals surface area contributed by atoms with E-state index in [1.807, 2.05) is 10.2 Å². The minimum Gasteiger partial charge on any atom is -0.372 e. The van der Waals surface area contributed by atoms with Crippen molar-refractivity contribution < 1.29 is 4.42 Å². The number of nitrogens with one attached hydrogen (secondary N) is 4. The number of aromatic amines is 4. The smallest absolute Gasteiger partial charge is 0.372 e. The molecule has 0 aliphatic carbocycles. The molecule has 3 heterocycles. The molecule has 10 heteroatoms. The molecule has 0 radical (unpaired) electrons. The largest absolute Gasteiger partial charge is 0.420 e. The van der Waals surface area contributed by atoms with Crippen LogP contribution in [0.5, 0.6) is 0 Å². The molecule has 10 nitrogen and oxygen atoms in total. The van der Waals surface area contributed by atoms with Gasteiger partial charge in [-0.05, 0) is 0 Å². The molecule has 3 aromatic heterocycles. The van der Waals surface area contributed by atoms with Crippen molar-refractivity contribution in [3.8, 4) is 0 Å². The highest BCUT2D eigenvalue weighted by Gasteiger charge is 2.15. The van der Waals surface area contributed by atoms with Crippen LogP contribution >= 0.6 is 0 Å². The van der Waals surface area contributed by atoms with E-state index in [2.05, 4.69) is 14.4 Å². The highest BCUT2D eigenvalue weighted by Crippen LogP contribution is 2.00. The zero-order valence-electron chi connectivity index (χ0n) is 8.95. The van der Waals surface area contributed by atoms with Crippen molar-refractivity contribution in [1.82, 2.24) is 20.2 Å². The van der Waals surface area contributed by atoms with Crippen molar-refractivity contribution in [2.24, 2.45) is 0 Å². The van der Waals surface area contributed by atoms with Gasteiger partial charge in [-0.3, -0.25) is 29.6 Å². The van der Waals surface area contributed by atoms with E-state index in [0.29, 0.717) is 0 Å². The van der Waals surface area contributed by atoms with Gasteiger partial charge in [0.2, 0.25) is 5.43 Å². The minimum atomic E-state index is -1.19. The van der Waals surface area contributed by atoms with Crippen LogP contribution in [0.1, 0.15) is 0 Å². The number of fused-ring (bicyclic) bond motifs is 2. The number of pyridine rings is 1. The third-order valence-electron chi connectivity index (χ3n) is 2.56. The molecule has 0 aliphatic heterocycles. The molecule has 3 rings (SSSR count). The van der Waals surface area contributed by atoms with E-state index in [9.17, 15) is 24.0 Å². The molecule has 0 fully saturated rings. The molecule has 0 saturated heterocycles. The maximum absolute atomic E-state index is 12.0. The van der Waals surface area contributed by atoms with Gasteiger partial charge in [0.25, 0.3) is 11.1 Å². The Morgan fingerprint density at radius 1 is 0.789 bits per heavy atom. The van der Waals surface area contributed by atoms with E-state index < -0.39 is 38.7 Å². The summed E-state index contributed by atoms with van der Waals surface area (Å²) >= 11 is 0. The van der Waals surface area contributed by atoms with Crippen LogP contribution in [0.3, 0.4) is 0 Å². The standard InChI is InChI=1S/C9H4N4O6/c14-4-1-3(7(16)13-12-6(1)15)10-5-2(4)8(17)19-9(18)11-5/h(H,12,15)(H,13,16)(H2,10,11,14,18). The normalized spacial score (nSPS) is 11.2. The maximum atomic E-state index is 12.0. The van der Waals surface area contributed by atoms with Crippen LogP contribution in [0.15, 0.2) is 28.4 Å². The van der Waals surface area contributed by atoms with E-state index in [4.69, 9.17) is 0 Å². The van der Waals surface area contributed by atoms with Crippen LogP contribution in [0.4, 0.5) is 0 Å². The van der Waals surface area contributed by atoms with Crippen LogP contribution in [-0.2, 0) is 0 Å². The predicted molar refractivity (Wildman–Crippen MR) is 62.5 cm³/mol. The summed E-state index contributed by atoms with van der Waals surface area (Å²) in [6.07, 6.45) is 0. The summed E-state index contributed by atoms with van der Waals surface area (Å²) in [6, 6.07) is 0. The molecule has 0 spiro atoms. The highest BCUT2D eigenvalue weighted by atomic mass is 16.4. The molecular weight excluding hydrogens is 260 g/mol. The summed E-state index contributed by atoms with van der Waals surface area (Å²) in [5.41, 5.74) is -4.47. The Bertz CT molecular complexity index is 1110. The average molecular weight is 264 g/mol. The average Bonchev–Trinajstić information content (AvgIpc) is 2.32. The number of aromatic nitrogens is 4. The Hall–Kier alpha value is -3.17. The highest BCUT2D eigenvalue weighted by molar-refractivity contribution is 5.88. The molecule has 0 atom stereocenters. The first-order valence-electron chi connectivity index (χ1n) is 4.93. The van der Waals surface area contributed by atoms with E-state index in [1.54, 1.807) is 0 Å². The van der Waals surface area contributed by atoms with E-state index in [-0.39, 0.29) is 11.2 Å². The molecule has 96 valence electrons. The predicted octanol–water partition coefficient (Wildman–Crippen LogP) is -2.30. The zero-order valence-corrected chi connectivity index (χ0v) is 8.95. The lowest BCUT2D eigenvalue weighted by molar-refractivity contribution is 0.459. The molecule has 19 heavy (non-hydrogen) atoms. The topological polar surface area (TPSA) is 162 Å². The Labute approximate surface area is 99.3 Å². The summed E-state index contributed by atoms with van der Waals surface area (Å²) < 4.78 is 4.21. The fourth-order valence-electron chi connectivity index (χ4n) is 1.78. The molecule has 0 amide bonds. The fraction of sp³-hybridized carbons (Fsp3) is 0. The number of rotatable bonds is 0. The van der Waals surface area contributed by atoms with Gasteiger partial charge >= 0.3 is 11.4 Å². The van der Waals surface area contributed by atoms with Crippen molar-refractivity contribution in [2.75, 3.05) is 0 Å². The van der Waals surface area contributed by atoms with Gasteiger partial charge in [-0.2, -0.15) is 0 Å². The summed E-state index contributed by atoms with van der Waals surface area (Å²) in [7, 11) is 0. The second kappa shape index (κ2) is 3.41. The molecule has 0 aromatic carbocycles. The van der Waals surface area contributed by atoms with Crippen molar-refractivity contribution >= 4 is 21.9 Å². The Balaban J connectivity index is 2.86. The van der Waals surface area contributed by atoms with Gasteiger partial charge in [0.1, 0.15) is 21.9 Å². The molecule has 4 N–H and O–H groups in total. The third kappa shape index (κ3) is 1.40. The van der Waals surface area contributed by atoms with Gasteiger partial charge < -0.3 is 9.40 Å². The number of hydrogen-bond donors (Lipinski definition) is 4. The van der Waals surface area contributed by atoms with Gasteiger partial charge in [0.15, 0.2) is 0 Å². The number of hydrogen-bond acceptors (Lipinski definition) is 6. The minimum absolute atomic E-state index is 0.283. The molecule has 0 bridgehead atoms. The summed E-state index contributed by atoms with van der Waals surface area (Å²) in [5, 5.41) is 2.91. The maximum Gasteiger partial charge on any atom is 0.420 e. The monoisotopic (exact) mass is 264 g/mol. The molecule has 0 saturated carbocycles. The van der Waals surface area contributed by atoms with Crippen LogP contribution < -0.4 is 27.9 Å². The molecule has 0 unspecified atom stereocenters. The van der Waals surface area contributed by atoms with Gasteiger partial charge in [0, 0.05) is 0 Å². The van der Waals surface area contributed by atoms with Gasteiger partial charge in [-0.1, -0.05) is 0 Å². The van der Waals surface area contributed by atoms with Crippen molar-refractivity contribution in [3.05, 3.63) is 51.9 Å². The molecule has 3 aromatic rings. The number of H-pyrrole nitrogens is 4. The van der Waals surface area contributed by atoms with Gasteiger partial charge in [-0.25, -0.2) is 9.59 Å². The second-order valence-corrected chi connectivity index (χ2v) is 3.66. The van der Waals surface area contributed by atoms with Crippen LogP contribution in [-0.4, -0.2) is 20.2 Å². The van der Waals surface area contributed by atoms with E-state index in [0.717, 1.165) is 0 Å². The van der Waals surface area contributed by atoms with Crippen LogP contribution in [0.25, 0.3) is 21.9 Å². The second-order valence-electron chi connectivity index (χ2n) is 3.66. The molecule has 0 aliphatic rings. The Kier molecular flexibility index (Phi) is 1.97. The lowest BCUT2D eigenvalue weighted by Gasteiger charge is -1.98. The van der Waals surface area contributed by atoms with Gasteiger partial charge in [0.05, 0.1) is 0 Å². The quantitative estimate of drug-likeness (QED) is 0.334. The third-order valence-corrected chi connectivity index (χ3v) is 2.56. The first kappa shape index (κ1) is 11.0. The fourth-order valence-corrected chi connectivity index (χ4v) is 1.78. The summed E-state index contributed by atoms with van der Waals surface area (Å²) in [4.78, 5) is 61.9. The zero-order chi connectivity index (χ0) is 13.7. The van der Waals surface area contributed by atoms with E-state index in [1.165, 1.54) is 0 Å². The first-order valence-corrected chi connectivity index (χ1v) is 4.93. The first-order chi connectivity index (χ1) is 8.99. The lowest BCUT2D eigenvalue weighted by atomic mass is 10.2. The van der Waals surface area contributed by atoms with Crippen molar-refractivity contribution in [3.63, 3.8) is 0 Å². The van der Waals surface area contributed by atoms with Crippen LogP contribution in [0.2, 0.25) is 0 Å². The lowest BCUT2D eigenvalue weighted by Crippen LogP contribution is -2.29. The van der Waals surface area contributed by atoms with Crippen LogP contribution in [0, 0.1) is 0 Å². The summed E-state index contributed by atoms with van der Waals surface area (Å²) in [6.45, 7) is 0. The Morgan fingerprint density at radius 2 is 1.47 bits per heavy atom. The van der Waals surface area contributed by atoms with Crippen molar-refractivity contribution in [2.45, 2.75) is 0 Å². The molecular formula is C9H4N4O6. The summed E-state index contributed by atoms with van der Waals surface area (Å²) in [5.74, 6) is -1.09.